The maximum absolute atomic E-state index is 11.8. The molecule has 7 heteroatoms. The van der Waals surface area contributed by atoms with Crippen LogP contribution in [0.1, 0.15) is 27.2 Å². The summed E-state index contributed by atoms with van der Waals surface area (Å²) in [5.74, 6) is -0.0713. The van der Waals surface area contributed by atoms with Gasteiger partial charge < -0.3 is 15.7 Å². The van der Waals surface area contributed by atoms with Crippen LogP contribution in [0.4, 0.5) is 18.0 Å². The third kappa shape index (κ3) is 7.84. The van der Waals surface area contributed by atoms with Crippen LogP contribution >= 0.6 is 0 Å². The van der Waals surface area contributed by atoms with E-state index in [4.69, 9.17) is 0 Å². The van der Waals surface area contributed by atoms with E-state index in [1.807, 2.05) is 0 Å². The summed E-state index contributed by atoms with van der Waals surface area (Å²) in [7, 11) is 0. The predicted octanol–water partition coefficient (Wildman–Crippen LogP) is 1.65. The van der Waals surface area contributed by atoms with Crippen LogP contribution in [-0.4, -0.2) is 36.0 Å². The second-order valence-corrected chi connectivity index (χ2v) is 4.49. The van der Waals surface area contributed by atoms with Crippen molar-refractivity contribution in [1.29, 1.82) is 0 Å². The Morgan fingerprint density at radius 2 is 1.82 bits per heavy atom. The Labute approximate surface area is 98.6 Å². The minimum absolute atomic E-state index is 0.0114. The second kappa shape index (κ2) is 6.09. The summed E-state index contributed by atoms with van der Waals surface area (Å²) in [6.07, 6.45) is -5.35. The lowest BCUT2D eigenvalue weighted by Gasteiger charge is -2.27. The highest BCUT2D eigenvalue weighted by Gasteiger charge is 2.27. The van der Waals surface area contributed by atoms with Gasteiger partial charge in [0.15, 0.2) is 0 Å². The number of amides is 2. The number of hydrogen-bond donors (Lipinski definition) is 3. The number of nitrogens with one attached hydrogen (secondary N) is 2. The van der Waals surface area contributed by atoms with E-state index in [2.05, 4.69) is 10.6 Å². The lowest BCUT2D eigenvalue weighted by molar-refractivity contribution is -0.132. The normalized spacial score (nSPS) is 15.5. The Balaban J connectivity index is 3.82. The molecule has 0 radical (unpaired) electrons. The van der Waals surface area contributed by atoms with Gasteiger partial charge in [-0.05, 0) is 12.8 Å². The minimum Gasteiger partial charge on any atom is -0.388 e. The molecule has 0 heterocycles. The first-order valence-electron chi connectivity index (χ1n) is 5.35. The fraction of sp³-hybridized carbons (Fsp3) is 0.900. The zero-order valence-electron chi connectivity index (χ0n) is 10.2. The average molecular weight is 256 g/mol. The van der Waals surface area contributed by atoms with Gasteiger partial charge in [-0.2, -0.15) is 13.2 Å². The average Bonchev–Trinajstić information content (AvgIpc) is 2.12. The first kappa shape index (κ1) is 16.0. The van der Waals surface area contributed by atoms with Crippen molar-refractivity contribution in [3.63, 3.8) is 0 Å². The van der Waals surface area contributed by atoms with Gasteiger partial charge >= 0.3 is 12.2 Å². The number of halogens is 3. The number of aliphatic hydroxyl groups is 1. The number of carbonyl (C=O) groups is 1. The zero-order valence-corrected chi connectivity index (χ0v) is 10.2. The van der Waals surface area contributed by atoms with Crippen LogP contribution in [-0.2, 0) is 0 Å². The van der Waals surface area contributed by atoms with Crippen molar-refractivity contribution in [2.45, 2.75) is 39.0 Å². The van der Waals surface area contributed by atoms with Gasteiger partial charge in [-0.15, -0.1) is 0 Å². The van der Waals surface area contributed by atoms with E-state index in [-0.39, 0.29) is 12.5 Å². The molecule has 0 saturated heterocycles. The van der Waals surface area contributed by atoms with Crippen molar-refractivity contribution in [2.24, 2.45) is 5.92 Å². The second-order valence-electron chi connectivity index (χ2n) is 4.49. The fourth-order valence-electron chi connectivity index (χ4n) is 0.844. The van der Waals surface area contributed by atoms with Gasteiger partial charge in [0.1, 0.15) is 0 Å². The third-order valence-corrected chi connectivity index (χ3v) is 2.54. The molecular weight excluding hydrogens is 237 g/mol. The van der Waals surface area contributed by atoms with E-state index < -0.39 is 30.8 Å². The Morgan fingerprint density at radius 1 is 1.29 bits per heavy atom. The zero-order chi connectivity index (χ0) is 13.7. The summed E-state index contributed by atoms with van der Waals surface area (Å²) in [5, 5.41) is 14.2. The number of alkyl halides is 3. The van der Waals surface area contributed by atoms with Crippen molar-refractivity contribution in [3.05, 3.63) is 0 Å². The standard InChI is InChI=1S/C10H19F3N2O2/c1-7(2)9(3,17)6-15-8(16)14-5-4-10(11,12)13/h7,17H,4-6H2,1-3H3,(H2,14,15,16). The molecular formula is C10H19F3N2O2. The minimum atomic E-state index is -4.28. The Morgan fingerprint density at radius 3 is 2.24 bits per heavy atom. The van der Waals surface area contributed by atoms with Gasteiger partial charge in [0.2, 0.25) is 0 Å². The molecule has 0 aromatic carbocycles. The molecule has 0 aliphatic rings. The predicted molar refractivity (Wildman–Crippen MR) is 57.5 cm³/mol. The molecule has 1 atom stereocenters. The Kier molecular flexibility index (Phi) is 5.74. The monoisotopic (exact) mass is 256 g/mol. The van der Waals surface area contributed by atoms with Crippen LogP contribution in [0, 0.1) is 5.92 Å². The first-order valence-corrected chi connectivity index (χ1v) is 5.35. The summed E-state index contributed by atoms with van der Waals surface area (Å²) < 4.78 is 35.3. The molecule has 3 N–H and O–H groups in total. The van der Waals surface area contributed by atoms with Crippen LogP contribution in [0.2, 0.25) is 0 Å². The van der Waals surface area contributed by atoms with E-state index in [1.54, 1.807) is 20.8 Å². The Hall–Kier alpha value is -0.980. The number of hydrogen-bond acceptors (Lipinski definition) is 2. The highest BCUT2D eigenvalue weighted by atomic mass is 19.4. The van der Waals surface area contributed by atoms with Gasteiger partial charge in [0, 0.05) is 13.1 Å². The van der Waals surface area contributed by atoms with Crippen molar-refractivity contribution < 1.29 is 23.1 Å². The molecule has 0 aliphatic carbocycles. The van der Waals surface area contributed by atoms with E-state index in [0.717, 1.165) is 0 Å². The largest absolute Gasteiger partial charge is 0.390 e. The van der Waals surface area contributed by atoms with Crippen LogP contribution in [0.3, 0.4) is 0 Å². The van der Waals surface area contributed by atoms with Gasteiger partial charge in [-0.3, -0.25) is 0 Å². The Bertz CT molecular complexity index is 252. The molecule has 1 unspecified atom stereocenters. The third-order valence-electron chi connectivity index (χ3n) is 2.54. The summed E-state index contributed by atoms with van der Waals surface area (Å²) in [6, 6.07) is -0.713. The van der Waals surface area contributed by atoms with E-state index >= 15 is 0 Å². The molecule has 0 rings (SSSR count). The molecule has 0 bridgehead atoms. The summed E-state index contributed by atoms with van der Waals surface area (Å²) in [4.78, 5) is 11.1. The highest BCUT2D eigenvalue weighted by Crippen LogP contribution is 2.18. The maximum atomic E-state index is 11.8. The molecule has 0 spiro atoms. The fourth-order valence-corrected chi connectivity index (χ4v) is 0.844. The van der Waals surface area contributed by atoms with Gasteiger partial charge in [-0.25, -0.2) is 4.79 Å². The van der Waals surface area contributed by atoms with Crippen LogP contribution in [0.5, 0.6) is 0 Å². The van der Waals surface area contributed by atoms with Crippen molar-refractivity contribution >= 4 is 6.03 Å². The molecule has 2 amide bonds. The number of urea groups is 1. The van der Waals surface area contributed by atoms with E-state index in [0.29, 0.717) is 0 Å². The molecule has 0 saturated carbocycles. The maximum Gasteiger partial charge on any atom is 0.390 e. The SMILES string of the molecule is CC(C)C(C)(O)CNC(=O)NCCC(F)(F)F. The van der Waals surface area contributed by atoms with E-state index in [9.17, 15) is 23.1 Å². The van der Waals surface area contributed by atoms with Gasteiger partial charge in [0.05, 0.1) is 12.0 Å². The quantitative estimate of drug-likeness (QED) is 0.700. The molecule has 102 valence electrons. The number of rotatable bonds is 5. The van der Waals surface area contributed by atoms with E-state index in [1.165, 1.54) is 0 Å². The summed E-state index contributed by atoms with van der Waals surface area (Å²) >= 11 is 0. The molecule has 0 aliphatic heterocycles. The highest BCUT2D eigenvalue weighted by molar-refractivity contribution is 5.73. The lowest BCUT2D eigenvalue weighted by atomic mass is 9.93. The molecule has 0 aromatic rings. The van der Waals surface area contributed by atoms with Crippen molar-refractivity contribution in [2.75, 3.05) is 13.1 Å². The van der Waals surface area contributed by atoms with Crippen molar-refractivity contribution in [3.8, 4) is 0 Å². The van der Waals surface area contributed by atoms with Crippen LogP contribution in [0.15, 0.2) is 0 Å². The molecule has 0 aromatic heterocycles. The summed E-state index contributed by atoms with van der Waals surface area (Å²) in [5.41, 5.74) is -1.08. The molecule has 17 heavy (non-hydrogen) atoms. The smallest absolute Gasteiger partial charge is 0.388 e. The molecule has 0 fully saturated rings. The van der Waals surface area contributed by atoms with Crippen molar-refractivity contribution in [1.82, 2.24) is 10.6 Å². The lowest BCUT2D eigenvalue weighted by Crippen LogP contribution is -2.47. The van der Waals surface area contributed by atoms with Crippen LogP contribution < -0.4 is 10.6 Å². The number of carbonyl (C=O) groups excluding carboxylic acids is 1. The first-order chi connectivity index (χ1) is 7.54. The van der Waals surface area contributed by atoms with Crippen LogP contribution in [0.25, 0.3) is 0 Å². The topological polar surface area (TPSA) is 61.4 Å². The summed E-state index contributed by atoms with van der Waals surface area (Å²) in [6.45, 7) is 4.63. The molecule has 4 nitrogen and oxygen atoms in total. The van der Waals surface area contributed by atoms with Gasteiger partial charge in [-0.1, -0.05) is 13.8 Å². The van der Waals surface area contributed by atoms with Gasteiger partial charge in [0.25, 0.3) is 0 Å².